The number of nitrogens with two attached hydrogens (primary N) is 1. The van der Waals surface area contributed by atoms with Crippen LogP contribution in [0.1, 0.15) is 16.8 Å². The number of ether oxygens (including phenoxy) is 1. The van der Waals surface area contributed by atoms with E-state index in [0.717, 1.165) is 5.56 Å². The zero-order valence-corrected chi connectivity index (χ0v) is 12.6. The summed E-state index contributed by atoms with van der Waals surface area (Å²) in [7, 11) is 1.54. The number of hydrogen-bond donors (Lipinski definition) is 3. The van der Waals surface area contributed by atoms with Gasteiger partial charge in [0.05, 0.1) is 12.7 Å². The Morgan fingerprint density at radius 3 is 2.86 bits per heavy atom. The number of hydrogen-bond acceptors (Lipinski definition) is 5. The molecular weight excluding hydrogens is 288 g/mol. The van der Waals surface area contributed by atoms with Crippen LogP contribution < -0.4 is 16.0 Å². The maximum absolute atomic E-state index is 11.4. The Morgan fingerprint density at radius 1 is 1.48 bits per heavy atom. The molecule has 2 rings (SSSR count). The molecule has 0 aliphatic carbocycles. The van der Waals surface area contributed by atoms with E-state index >= 15 is 0 Å². The minimum Gasteiger partial charge on any atom is -0.496 e. The van der Waals surface area contributed by atoms with Gasteiger partial charge >= 0.3 is 0 Å². The Morgan fingerprint density at radius 2 is 2.24 bits per heavy atom. The number of benzene rings is 1. The van der Waals surface area contributed by atoms with Crippen LogP contribution >= 0.6 is 11.8 Å². The highest BCUT2D eigenvalue weighted by molar-refractivity contribution is 7.98. The van der Waals surface area contributed by atoms with Crippen molar-refractivity contribution in [1.29, 1.82) is 5.41 Å². The molecule has 0 radical (unpaired) electrons. The second kappa shape index (κ2) is 6.45. The first kappa shape index (κ1) is 15.1. The lowest BCUT2D eigenvalue weighted by molar-refractivity contribution is 0.413. The summed E-state index contributed by atoms with van der Waals surface area (Å²) in [5.41, 5.74) is 7.57. The van der Waals surface area contributed by atoms with Crippen LogP contribution in [-0.4, -0.2) is 22.9 Å². The molecule has 0 atom stereocenters. The van der Waals surface area contributed by atoms with Crippen LogP contribution in [0.2, 0.25) is 0 Å². The van der Waals surface area contributed by atoms with Crippen LogP contribution in [0, 0.1) is 12.3 Å². The van der Waals surface area contributed by atoms with E-state index in [9.17, 15) is 4.79 Å². The van der Waals surface area contributed by atoms with Gasteiger partial charge in [-0.2, -0.15) is 0 Å². The van der Waals surface area contributed by atoms with Gasteiger partial charge in [0.1, 0.15) is 11.6 Å². The highest BCUT2D eigenvalue weighted by atomic mass is 32.2. The normalized spacial score (nSPS) is 10.4. The van der Waals surface area contributed by atoms with E-state index in [1.165, 1.54) is 24.9 Å². The van der Waals surface area contributed by atoms with Gasteiger partial charge in [-0.1, -0.05) is 17.8 Å². The van der Waals surface area contributed by atoms with Crippen LogP contribution in [0.3, 0.4) is 0 Å². The number of aryl methyl sites for hydroxylation is 1. The summed E-state index contributed by atoms with van der Waals surface area (Å²) in [5, 5.41) is 8.05. The lowest BCUT2D eigenvalue weighted by Gasteiger charge is -2.09. The van der Waals surface area contributed by atoms with Crippen molar-refractivity contribution < 1.29 is 4.74 Å². The summed E-state index contributed by atoms with van der Waals surface area (Å²) in [6.07, 6.45) is 0. The van der Waals surface area contributed by atoms with E-state index in [1.54, 1.807) is 13.0 Å². The van der Waals surface area contributed by atoms with Gasteiger partial charge in [-0.3, -0.25) is 10.2 Å². The number of thioether (sulfide) groups is 1. The number of methoxy groups -OCH3 is 1. The Balaban J connectivity index is 2.16. The van der Waals surface area contributed by atoms with E-state index in [-0.39, 0.29) is 11.4 Å². The van der Waals surface area contributed by atoms with E-state index in [2.05, 4.69) is 9.97 Å². The summed E-state index contributed by atoms with van der Waals surface area (Å²) in [4.78, 5) is 18.3. The van der Waals surface area contributed by atoms with Crippen molar-refractivity contribution in [3.8, 4) is 5.75 Å². The second-order valence-electron chi connectivity index (χ2n) is 4.43. The van der Waals surface area contributed by atoms with Gasteiger partial charge in [-0.05, 0) is 24.6 Å². The summed E-state index contributed by atoms with van der Waals surface area (Å²) in [6, 6.07) is 6.91. The molecule has 0 amide bonds. The van der Waals surface area contributed by atoms with E-state index in [4.69, 9.17) is 15.9 Å². The molecule has 1 aromatic heterocycles. The molecule has 110 valence electrons. The minimum absolute atomic E-state index is 0.0317. The topological polar surface area (TPSA) is 105 Å². The SMILES string of the molecule is COc1cc(CSc2nc(C)cc(=O)[nH]2)ccc1C(=N)N. The van der Waals surface area contributed by atoms with Crippen LogP contribution in [-0.2, 0) is 5.75 Å². The molecule has 7 heteroatoms. The fourth-order valence-electron chi connectivity index (χ4n) is 1.82. The van der Waals surface area contributed by atoms with Crippen molar-refractivity contribution >= 4 is 17.6 Å². The zero-order chi connectivity index (χ0) is 15.4. The van der Waals surface area contributed by atoms with Gasteiger partial charge in [0.25, 0.3) is 5.56 Å². The van der Waals surface area contributed by atoms with Gasteiger partial charge < -0.3 is 15.5 Å². The lowest BCUT2D eigenvalue weighted by atomic mass is 10.1. The predicted octanol–water partition coefficient (Wildman–Crippen LogP) is 1.66. The number of aromatic amines is 1. The predicted molar refractivity (Wildman–Crippen MR) is 83.2 cm³/mol. The van der Waals surface area contributed by atoms with Crippen molar-refractivity contribution in [1.82, 2.24) is 9.97 Å². The van der Waals surface area contributed by atoms with E-state index in [1.807, 2.05) is 12.1 Å². The molecule has 0 spiro atoms. The van der Waals surface area contributed by atoms with Gasteiger partial charge in [-0.15, -0.1) is 0 Å². The Labute approximate surface area is 126 Å². The van der Waals surface area contributed by atoms with Crippen molar-refractivity contribution in [3.63, 3.8) is 0 Å². The van der Waals surface area contributed by atoms with Crippen LogP contribution in [0.15, 0.2) is 34.2 Å². The number of nitrogens with zero attached hydrogens (tertiary/aromatic N) is 1. The molecule has 0 aliphatic rings. The van der Waals surface area contributed by atoms with Crippen LogP contribution in [0.4, 0.5) is 0 Å². The van der Waals surface area contributed by atoms with Crippen molar-refractivity contribution in [3.05, 3.63) is 51.4 Å². The summed E-state index contributed by atoms with van der Waals surface area (Å²) in [5.74, 6) is 1.16. The molecule has 1 aromatic carbocycles. The first-order valence-electron chi connectivity index (χ1n) is 6.21. The molecule has 1 heterocycles. The highest BCUT2D eigenvalue weighted by Crippen LogP contribution is 2.24. The molecule has 0 unspecified atom stereocenters. The van der Waals surface area contributed by atoms with Crippen molar-refractivity contribution in [2.45, 2.75) is 17.8 Å². The number of rotatable bonds is 5. The zero-order valence-electron chi connectivity index (χ0n) is 11.8. The average Bonchev–Trinajstić information content (AvgIpc) is 2.43. The quantitative estimate of drug-likeness (QED) is 0.337. The monoisotopic (exact) mass is 304 g/mol. The third-order valence-corrected chi connectivity index (χ3v) is 3.72. The van der Waals surface area contributed by atoms with Crippen LogP contribution in [0.25, 0.3) is 0 Å². The molecule has 0 saturated carbocycles. The standard InChI is InChI=1S/C14H16N4O2S/c1-8-5-12(19)18-14(17-8)21-7-9-3-4-10(13(15)16)11(6-9)20-2/h3-6H,7H2,1-2H3,(H3,15,16)(H,17,18,19). The molecule has 0 fully saturated rings. The lowest BCUT2D eigenvalue weighted by Crippen LogP contribution is -2.12. The largest absolute Gasteiger partial charge is 0.496 e. The first-order valence-corrected chi connectivity index (χ1v) is 7.20. The third-order valence-electron chi connectivity index (χ3n) is 2.78. The molecule has 0 saturated heterocycles. The molecule has 21 heavy (non-hydrogen) atoms. The Hall–Kier alpha value is -2.28. The van der Waals surface area contributed by atoms with Gasteiger partial charge in [0, 0.05) is 17.5 Å². The molecule has 4 N–H and O–H groups in total. The average molecular weight is 304 g/mol. The van der Waals surface area contributed by atoms with E-state index in [0.29, 0.717) is 27.9 Å². The summed E-state index contributed by atoms with van der Waals surface area (Å²) < 4.78 is 5.23. The number of H-pyrrole nitrogens is 1. The maximum Gasteiger partial charge on any atom is 0.251 e. The van der Waals surface area contributed by atoms with Gasteiger partial charge in [0.2, 0.25) is 0 Å². The van der Waals surface area contributed by atoms with Gasteiger partial charge in [-0.25, -0.2) is 4.98 Å². The van der Waals surface area contributed by atoms with Crippen LogP contribution in [0.5, 0.6) is 5.75 Å². The number of nitrogen functional groups attached to an aromatic ring is 1. The number of nitrogens with one attached hydrogen (secondary N) is 2. The number of aromatic nitrogens is 2. The summed E-state index contributed by atoms with van der Waals surface area (Å²) >= 11 is 1.43. The Bertz CT molecular complexity index is 727. The second-order valence-corrected chi connectivity index (χ2v) is 5.39. The molecular formula is C14H16N4O2S. The smallest absolute Gasteiger partial charge is 0.251 e. The fraction of sp³-hybridized carbons (Fsp3) is 0.214. The van der Waals surface area contributed by atoms with Crippen molar-refractivity contribution in [2.75, 3.05) is 7.11 Å². The molecule has 0 aliphatic heterocycles. The van der Waals surface area contributed by atoms with Gasteiger partial charge in [0.15, 0.2) is 5.16 Å². The molecule has 0 bridgehead atoms. The first-order chi connectivity index (χ1) is 9.99. The summed E-state index contributed by atoms with van der Waals surface area (Å²) in [6.45, 7) is 1.78. The molecule has 6 nitrogen and oxygen atoms in total. The molecule has 2 aromatic rings. The minimum atomic E-state index is -0.158. The highest BCUT2D eigenvalue weighted by Gasteiger charge is 2.08. The fourth-order valence-corrected chi connectivity index (χ4v) is 2.68. The Kier molecular flexibility index (Phi) is 4.64. The van der Waals surface area contributed by atoms with Crippen molar-refractivity contribution in [2.24, 2.45) is 5.73 Å². The maximum atomic E-state index is 11.4. The third kappa shape index (κ3) is 3.85. The number of amidine groups is 1. The van der Waals surface area contributed by atoms with E-state index < -0.39 is 0 Å².